The molecule has 0 heterocycles. The number of carbonyl (C=O) groups excluding carboxylic acids is 1. The topological polar surface area (TPSA) is 72.9 Å². The molecule has 0 fully saturated rings. The number of hydrogen-bond acceptors (Lipinski definition) is 3. The average molecular weight is 498 g/mol. The molecule has 0 aliphatic rings. The van der Waals surface area contributed by atoms with E-state index in [1.165, 1.54) is 4.90 Å². The Morgan fingerprint density at radius 3 is 2.06 bits per heavy atom. The first-order valence-electron chi connectivity index (χ1n) is 13.3. The van der Waals surface area contributed by atoms with E-state index in [0.717, 1.165) is 42.4 Å². The maximum absolute atomic E-state index is 13.7. The SMILES string of the molecule is CC(C)CN(CCC[C@@H](C(=O)N[C@@H](C)c1cccc2ccccc12)N(C(=O)O)C(C)(C)C)CC(C)C. The zero-order valence-corrected chi connectivity index (χ0v) is 23.5. The minimum Gasteiger partial charge on any atom is -0.465 e. The lowest BCUT2D eigenvalue weighted by molar-refractivity contribution is -0.128. The van der Waals surface area contributed by atoms with Gasteiger partial charge in [0.05, 0.1) is 6.04 Å². The van der Waals surface area contributed by atoms with Crippen molar-refractivity contribution in [3.05, 3.63) is 48.0 Å². The number of benzene rings is 2. The predicted octanol–water partition coefficient (Wildman–Crippen LogP) is 6.56. The number of carbonyl (C=O) groups is 2. The van der Waals surface area contributed by atoms with Crippen LogP contribution in [0, 0.1) is 11.8 Å². The minimum absolute atomic E-state index is 0.243. The zero-order valence-electron chi connectivity index (χ0n) is 23.5. The molecule has 0 radical (unpaired) electrons. The van der Waals surface area contributed by atoms with Crippen LogP contribution in [-0.2, 0) is 4.79 Å². The standard InChI is InChI=1S/C30H47N3O3/c1-21(2)19-32(20-22(3)4)18-12-17-27(33(29(35)36)30(6,7)8)28(34)31-23(5)25-16-11-14-24-13-9-10-15-26(24)25/h9-11,13-16,21-23,27H,12,17-20H2,1-8H3,(H,31,34)(H,35,36)/t23-,27-/m0/s1. The average Bonchev–Trinajstić information content (AvgIpc) is 2.75. The monoisotopic (exact) mass is 497 g/mol. The molecule has 0 saturated carbocycles. The van der Waals surface area contributed by atoms with Crippen molar-refractivity contribution < 1.29 is 14.7 Å². The first-order chi connectivity index (χ1) is 16.8. The summed E-state index contributed by atoms with van der Waals surface area (Å²) in [5.41, 5.74) is 0.324. The first kappa shape index (κ1) is 29.6. The lowest BCUT2D eigenvalue weighted by Gasteiger charge is -2.39. The molecule has 0 spiro atoms. The molecular weight excluding hydrogens is 450 g/mol. The van der Waals surface area contributed by atoms with Gasteiger partial charge in [-0.2, -0.15) is 0 Å². The Labute approximate surface area is 218 Å². The van der Waals surface area contributed by atoms with Gasteiger partial charge in [0.2, 0.25) is 5.91 Å². The lowest BCUT2D eigenvalue weighted by atomic mass is 9.97. The molecule has 0 saturated heterocycles. The second-order valence-electron chi connectivity index (χ2n) is 11.8. The number of nitrogens with one attached hydrogen (secondary N) is 1. The van der Waals surface area contributed by atoms with E-state index in [1.807, 2.05) is 52.0 Å². The van der Waals surface area contributed by atoms with Crippen molar-refractivity contribution in [1.29, 1.82) is 0 Å². The summed E-state index contributed by atoms with van der Waals surface area (Å²) in [5, 5.41) is 15.5. The van der Waals surface area contributed by atoms with Gasteiger partial charge in [0.15, 0.2) is 0 Å². The van der Waals surface area contributed by atoms with Gasteiger partial charge in [-0.25, -0.2) is 4.79 Å². The van der Waals surface area contributed by atoms with E-state index in [4.69, 9.17) is 0 Å². The van der Waals surface area contributed by atoms with Crippen molar-refractivity contribution in [3.8, 4) is 0 Å². The van der Waals surface area contributed by atoms with Crippen LogP contribution in [0.5, 0.6) is 0 Å². The third-order valence-electron chi connectivity index (χ3n) is 6.39. The zero-order chi connectivity index (χ0) is 27.0. The van der Waals surface area contributed by atoms with Gasteiger partial charge in [0.25, 0.3) is 0 Å². The summed E-state index contributed by atoms with van der Waals surface area (Å²) in [7, 11) is 0. The lowest BCUT2D eigenvalue weighted by Crippen LogP contribution is -2.57. The molecule has 2 aromatic rings. The summed E-state index contributed by atoms with van der Waals surface area (Å²) < 4.78 is 0. The molecule has 2 N–H and O–H groups in total. The third-order valence-corrected chi connectivity index (χ3v) is 6.39. The Kier molecular flexibility index (Phi) is 10.8. The molecule has 0 unspecified atom stereocenters. The Bertz CT molecular complexity index is 981. The second-order valence-corrected chi connectivity index (χ2v) is 11.8. The van der Waals surface area contributed by atoms with Gasteiger partial charge in [-0.3, -0.25) is 9.69 Å². The Morgan fingerprint density at radius 1 is 0.917 bits per heavy atom. The summed E-state index contributed by atoms with van der Waals surface area (Å²) in [6, 6.07) is 13.2. The maximum atomic E-state index is 13.7. The van der Waals surface area contributed by atoms with Gasteiger partial charge in [0, 0.05) is 18.6 Å². The molecule has 2 amide bonds. The van der Waals surface area contributed by atoms with Crippen LogP contribution in [0.3, 0.4) is 0 Å². The molecule has 2 aromatic carbocycles. The number of nitrogens with zero attached hydrogens (tertiary/aromatic N) is 2. The number of carboxylic acid groups (broad SMARTS) is 1. The molecule has 6 nitrogen and oxygen atoms in total. The fraction of sp³-hybridized carbons (Fsp3) is 0.600. The molecule has 0 aliphatic carbocycles. The van der Waals surface area contributed by atoms with Gasteiger partial charge in [-0.15, -0.1) is 0 Å². The van der Waals surface area contributed by atoms with E-state index in [1.54, 1.807) is 0 Å². The van der Waals surface area contributed by atoms with Crippen LogP contribution in [0.4, 0.5) is 4.79 Å². The molecule has 36 heavy (non-hydrogen) atoms. The largest absolute Gasteiger partial charge is 0.465 e. The summed E-state index contributed by atoms with van der Waals surface area (Å²) in [6.45, 7) is 19.2. The molecule has 0 bridgehead atoms. The van der Waals surface area contributed by atoms with E-state index in [0.29, 0.717) is 18.3 Å². The number of hydrogen-bond donors (Lipinski definition) is 2. The van der Waals surface area contributed by atoms with Gasteiger partial charge in [-0.1, -0.05) is 70.2 Å². The number of fused-ring (bicyclic) bond motifs is 1. The van der Waals surface area contributed by atoms with Gasteiger partial charge in [0.1, 0.15) is 6.04 Å². The second kappa shape index (κ2) is 13.1. The minimum atomic E-state index is -1.07. The summed E-state index contributed by atoms with van der Waals surface area (Å²) in [5.74, 6) is 0.857. The van der Waals surface area contributed by atoms with Crippen LogP contribution in [0.2, 0.25) is 0 Å². The van der Waals surface area contributed by atoms with Crippen molar-refractivity contribution in [1.82, 2.24) is 15.1 Å². The highest BCUT2D eigenvalue weighted by atomic mass is 16.4. The predicted molar refractivity (Wildman–Crippen MR) is 149 cm³/mol. The number of amides is 2. The van der Waals surface area contributed by atoms with Crippen LogP contribution in [0.15, 0.2) is 42.5 Å². The fourth-order valence-corrected chi connectivity index (χ4v) is 5.08. The van der Waals surface area contributed by atoms with E-state index >= 15 is 0 Å². The van der Waals surface area contributed by atoms with E-state index < -0.39 is 17.7 Å². The highest BCUT2D eigenvalue weighted by Gasteiger charge is 2.37. The molecule has 0 aliphatic heterocycles. The molecule has 6 heteroatoms. The summed E-state index contributed by atoms with van der Waals surface area (Å²) >= 11 is 0. The smallest absolute Gasteiger partial charge is 0.408 e. The third kappa shape index (κ3) is 8.51. The van der Waals surface area contributed by atoms with Crippen molar-refractivity contribution in [2.75, 3.05) is 19.6 Å². The Balaban J connectivity index is 2.25. The van der Waals surface area contributed by atoms with Gasteiger partial charge < -0.3 is 15.3 Å². The van der Waals surface area contributed by atoms with Crippen LogP contribution in [0.25, 0.3) is 10.8 Å². The maximum Gasteiger partial charge on any atom is 0.408 e. The van der Waals surface area contributed by atoms with Crippen LogP contribution >= 0.6 is 0 Å². The Morgan fingerprint density at radius 2 is 1.50 bits per heavy atom. The van der Waals surface area contributed by atoms with Crippen molar-refractivity contribution >= 4 is 22.8 Å². The van der Waals surface area contributed by atoms with Crippen LogP contribution in [0.1, 0.15) is 79.8 Å². The highest BCUT2D eigenvalue weighted by Crippen LogP contribution is 2.26. The summed E-state index contributed by atoms with van der Waals surface area (Å²) in [6.07, 6.45) is 0.159. The molecule has 200 valence electrons. The van der Waals surface area contributed by atoms with Gasteiger partial charge >= 0.3 is 6.09 Å². The van der Waals surface area contributed by atoms with Crippen LogP contribution < -0.4 is 5.32 Å². The highest BCUT2D eigenvalue weighted by molar-refractivity contribution is 5.88. The molecule has 2 rings (SSSR count). The van der Waals surface area contributed by atoms with E-state index in [-0.39, 0.29) is 11.9 Å². The molecule has 2 atom stereocenters. The molecular formula is C30H47N3O3. The van der Waals surface area contributed by atoms with E-state index in [2.05, 4.69) is 56.1 Å². The van der Waals surface area contributed by atoms with Crippen molar-refractivity contribution in [2.24, 2.45) is 11.8 Å². The fourth-order valence-electron chi connectivity index (χ4n) is 5.08. The quantitative estimate of drug-likeness (QED) is 0.348. The molecule has 0 aromatic heterocycles. The van der Waals surface area contributed by atoms with Crippen molar-refractivity contribution in [3.63, 3.8) is 0 Å². The summed E-state index contributed by atoms with van der Waals surface area (Å²) in [4.78, 5) is 29.8. The Hall–Kier alpha value is -2.60. The number of rotatable bonds is 12. The first-order valence-corrected chi connectivity index (χ1v) is 13.3. The van der Waals surface area contributed by atoms with Crippen LogP contribution in [-0.4, -0.2) is 58.1 Å². The van der Waals surface area contributed by atoms with Crippen molar-refractivity contribution in [2.45, 2.75) is 85.9 Å². The van der Waals surface area contributed by atoms with Gasteiger partial charge in [-0.05, 0) is 75.3 Å². The normalized spacial score (nSPS) is 13.9. The van der Waals surface area contributed by atoms with E-state index in [9.17, 15) is 14.7 Å².